The highest BCUT2D eigenvalue weighted by molar-refractivity contribution is 5.76. The molecule has 0 saturated carbocycles. The van der Waals surface area contributed by atoms with Gasteiger partial charge in [-0.3, -0.25) is 14.4 Å². The number of carbonyl (C=O) groups is 2. The molecule has 0 spiro atoms. The molecular weight excluding hydrogens is 436 g/mol. The zero-order valence-electron chi connectivity index (χ0n) is 21.3. The van der Waals surface area contributed by atoms with Gasteiger partial charge in [0, 0.05) is 49.3 Å². The summed E-state index contributed by atoms with van der Waals surface area (Å²) in [5.74, 6) is -0.0559. The van der Waals surface area contributed by atoms with E-state index in [4.69, 9.17) is 15.2 Å². The van der Waals surface area contributed by atoms with Crippen LogP contribution in [-0.2, 0) is 14.3 Å². The number of hydrogen-bond acceptors (Lipinski definition) is 8. The molecule has 188 valence electrons. The van der Waals surface area contributed by atoms with Crippen molar-refractivity contribution in [3.8, 4) is 17.0 Å². The fourth-order valence-corrected chi connectivity index (χ4v) is 3.00. The molecule has 3 N–H and O–H groups in total. The number of anilines is 1. The number of ketones is 1. The number of aromatic nitrogens is 2. The highest BCUT2D eigenvalue weighted by Crippen LogP contribution is 2.32. The van der Waals surface area contributed by atoms with Crippen molar-refractivity contribution in [3.63, 3.8) is 0 Å². The number of carbonyl (C=O) groups excluding carboxylic acids is 2. The molecule has 9 nitrogen and oxygen atoms in total. The number of rotatable bonds is 10. The van der Waals surface area contributed by atoms with Crippen LogP contribution in [-0.4, -0.2) is 53.3 Å². The number of H-pyrrole nitrogens is 1. The molecule has 34 heavy (non-hydrogen) atoms. The van der Waals surface area contributed by atoms with Gasteiger partial charge in [0.25, 0.3) is 5.56 Å². The Balaban J connectivity index is 0.00000104. The largest absolute Gasteiger partial charge is 0.489 e. The van der Waals surface area contributed by atoms with E-state index >= 15 is 0 Å². The van der Waals surface area contributed by atoms with Gasteiger partial charge < -0.3 is 20.1 Å². The summed E-state index contributed by atoms with van der Waals surface area (Å²) in [7, 11) is 0. The number of aromatic amines is 1. The minimum atomic E-state index is -0.677. The van der Waals surface area contributed by atoms with Crippen LogP contribution in [0.25, 0.3) is 11.3 Å². The maximum Gasteiger partial charge on any atom is 0.303 e. The molecule has 0 radical (unpaired) electrons. The lowest BCUT2D eigenvalue weighted by Crippen LogP contribution is -2.26. The second-order valence-electron chi connectivity index (χ2n) is 8.97. The van der Waals surface area contributed by atoms with E-state index in [-0.39, 0.29) is 29.9 Å². The first-order chi connectivity index (χ1) is 15.8. The molecule has 1 atom stereocenters. The number of esters is 1. The first kappa shape index (κ1) is 28.8. The minimum absolute atomic E-state index is 0. The van der Waals surface area contributed by atoms with E-state index < -0.39 is 12.1 Å². The summed E-state index contributed by atoms with van der Waals surface area (Å²) in [6.07, 6.45) is -0.604. The first-order valence-corrected chi connectivity index (χ1v) is 11.4. The lowest BCUT2D eigenvalue weighted by molar-refractivity contribution is -0.149. The number of benzene rings is 1. The summed E-state index contributed by atoms with van der Waals surface area (Å²) < 4.78 is 11.1. The SMILES string of the molecule is CC(C)(C)N.CCN(CC)c1ccc(OCC(CC(C)=O)OC(C)=O)c(-c2ccc(=O)[nH]n2)c1. The number of Topliss-reactive ketones (excluding diaryl/α,β-unsaturated/α-hetero) is 1. The van der Waals surface area contributed by atoms with Crippen LogP contribution in [0.1, 0.15) is 54.9 Å². The van der Waals surface area contributed by atoms with Gasteiger partial charge in [-0.15, -0.1) is 0 Å². The summed E-state index contributed by atoms with van der Waals surface area (Å²) in [5, 5.41) is 6.54. The Kier molecular flexibility index (Phi) is 11.4. The Morgan fingerprint density at radius 2 is 1.74 bits per heavy atom. The van der Waals surface area contributed by atoms with Crippen molar-refractivity contribution in [2.45, 2.75) is 66.5 Å². The van der Waals surface area contributed by atoms with Crippen LogP contribution in [0, 0.1) is 0 Å². The highest BCUT2D eigenvalue weighted by Gasteiger charge is 2.18. The molecule has 0 aliphatic carbocycles. The van der Waals surface area contributed by atoms with Gasteiger partial charge in [-0.05, 0) is 65.8 Å². The number of hydrogen-bond donors (Lipinski definition) is 2. The average Bonchev–Trinajstić information content (AvgIpc) is 2.72. The lowest BCUT2D eigenvalue weighted by Gasteiger charge is -2.23. The number of nitrogens with one attached hydrogen (secondary N) is 1. The molecular formula is C25H38N4O5. The molecule has 1 aromatic carbocycles. The molecule has 1 aromatic heterocycles. The molecule has 0 fully saturated rings. The fraction of sp³-hybridized carbons (Fsp3) is 0.520. The first-order valence-electron chi connectivity index (χ1n) is 11.4. The molecule has 0 aliphatic rings. The van der Waals surface area contributed by atoms with Crippen LogP contribution in [0.4, 0.5) is 5.69 Å². The van der Waals surface area contributed by atoms with E-state index in [0.29, 0.717) is 17.0 Å². The zero-order chi connectivity index (χ0) is 25.9. The fourth-order valence-electron chi connectivity index (χ4n) is 3.00. The molecule has 0 saturated heterocycles. The van der Waals surface area contributed by atoms with Crippen LogP contribution in [0.15, 0.2) is 35.1 Å². The molecule has 2 rings (SSSR count). The third-order valence-corrected chi connectivity index (χ3v) is 4.32. The van der Waals surface area contributed by atoms with Gasteiger partial charge in [0.15, 0.2) is 0 Å². The van der Waals surface area contributed by atoms with Crippen LogP contribution in [0.3, 0.4) is 0 Å². The van der Waals surface area contributed by atoms with Crippen LogP contribution in [0.2, 0.25) is 0 Å². The van der Waals surface area contributed by atoms with Gasteiger partial charge in [-0.25, -0.2) is 5.10 Å². The molecule has 0 aliphatic heterocycles. The van der Waals surface area contributed by atoms with Gasteiger partial charge in [0.2, 0.25) is 0 Å². The summed E-state index contributed by atoms with van der Waals surface area (Å²) >= 11 is 0. The third kappa shape index (κ3) is 11.1. The maximum atomic E-state index is 11.5. The van der Waals surface area contributed by atoms with Gasteiger partial charge in [0.1, 0.15) is 24.2 Å². The van der Waals surface area contributed by atoms with E-state index in [1.54, 1.807) is 6.07 Å². The van der Waals surface area contributed by atoms with E-state index in [1.807, 2.05) is 39.0 Å². The smallest absolute Gasteiger partial charge is 0.303 e. The van der Waals surface area contributed by atoms with Crippen molar-refractivity contribution >= 4 is 17.4 Å². The maximum absolute atomic E-state index is 11.5. The molecule has 9 heteroatoms. The zero-order valence-corrected chi connectivity index (χ0v) is 21.3. The number of ether oxygens (including phenoxy) is 2. The van der Waals surface area contributed by atoms with Crippen LogP contribution >= 0.6 is 0 Å². The second kappa shape index (κ2) is 13.5. The second-order valence-corrected chi connectivity index (χ2v) is 8.97. The Hall–Kier alpha value is -3.20. The Labute approximate surface area is 201 Å². The van der Waals surface area contributed by atoms with Gasteiger partial charge in [-0.2, -0.15) is 5.10 Å². The predicted octanol–water partition coefficient (Wildman–Crippen LogP) is 3.32. The van der Waals surface area contributed by atoms with Crippen molar-refractivity contribution in [2.75, 3.05) is 24.6 Å². The van der Waals surface area contributed by atoms with E-state index in [1.165, 1.54) is 19.9 Å². The normalized spacial score (nSPS) is 11.6. The Morgan fingerprint density at radius 1 is 1.12 bits per heavy atom. The average molecular weight is 475 g/mol. The van der Waals surface area contributed by atoms with Crippen molar-refractivity contribution in [2.24, 2.45) is 5.73 Å². The topological polar surface area (TPSA) is 128 Å². The quantitative estimate of drug-likeness (QED) is 0.502. The number of nitrogens with zero attached hydrogens (tertiary/aromatic N) is 2. The van der Waals surface area contributed by atoms with Crippen molar-refractivity contribution in [1.82, 2.24) is 10.2 Å². The van der Waals surface area contributed by atoms with E-state index in [0.717, 1.165) is 18.8 Å². The predicted molar refractivity (Wildman–Crippen MR) is 134 cm³/mol. The Bertz CT molecular complexity index is 951. The van der Waals surface area contributed by atoms with Crippen molar-refractivity contribution in [3.05, 3.63) is 40.7 Å². The molecule has 1 unspecified atom stereocenters. The van der Waals surface area contributed by atoms with Gasteiger partial charge in [0.05, 0.1) is 5.69 Å². The van der Waals surface area contributed by atoms with Crippen LogP contribution in [0.5, 0.6) is 5.75 Å². The summed E-state index contributed by atoms with van der Waals surface area (Å²) in [4.78, 5) is 36.3. The standard InChI is InChI=1S/C21H27N3O5.C4H11N/c1-5-24(6-2)16-7-9-20(18(12-16)19-8-10-21(27)23-22-19)28-13-17(11-14(3)25)29-15(4)26;1-4(2,3)5/h7-10,12,17H,5-6,11,13H2,1-4H3,(H,23,27);5H2,1-3H3. The number of nitrogens with two attached hydrogens (primary N) is 1. The molecule has 0 amide bonds. The molecule has 1 heterocycles. The van der Waals surface area contributed by atoms with Crippen LogP contribution < -0.4 is 20.9 Å². The van der Waals surface area contributed by atoms with Crippen molar-refractivity contribution < 1.29 is 19.1 Å². The molecule has 0 bridgehead atoms. The van der Waals surface area contributed by atoms with Crippen molar-refractivity contribution in [1.29, 1.82) is 0 Å². The lowest BCUT2D eigenvalue weighted by atomic mass is 10.1. The minimum Gasteiger partial charge on any atom is -0.489 e. The monoisotopic (exact) mass is 474 g/mol. The van der Waals surface area contributed by atoms with E-state index in [2.05, 4.69) is 28.9 Å². The summed E-state index contributed by atoms with van der Waals surface area (Å²) in [6.45, 7) is 14.5. The van der Waals surface area contributed by atoms with Gasteiger partial charge in [-0.1, -0.05) is 0 Å². The van der Waals surface area contributed by atoms with E-state index in [9.17, 15) is 14.4 Å². The highest BCUT2D eigenvalue weighted by atomic mass is 16.6. The third-order valence-electron chi connectivity index (χ3n) is 4.32. The summed E-state index contributed by atoms with van der Waals surface area (Å²) in [6, 6.07) is 8.70. The van der Waals surface area contributed by atoms with Gasteiger partial charge >= 0.3 is 5.97 Å². The summed E-state index contributed by atoms with van der Waals surface area (Å²) in [5.41, 5.74) is 7.28. The Morgan fingerprint density at radius 3 is 2.21 bits per heavy atom. The molecule has 2 aromatic rings.